The third-order valence-electron chi connectivity index (χ3n) is 1.94. The number of amides is 1. The molecule has 0 saturated heterocycles. The molecule has 0 unspecified atom stereocenters. The van der Waals surface area contributed by atoms with E-state index in [4.69, 9.17) is 5.11 Å². The highest BCUT2D eigenvalue weighted by molar-refractivity contribution is 5.93. The van der Waals surface area contributed by atoms with Crippen molar-refractivity contribution in [2.24, 2.45) is 0 Å². The number of nitrogens with one attached hydrogen (secondary N) is 3. The maximum absolute atomic E-state index is 10.9. The van der Waals surface area contributed by atoms with Crippen LogP contribution in [-0.2, 0) is 4.79 Å². The van der Waals surface area contributed by atoms with Gasteiger partial charge in [0.25, 0.3) is 0 Å². The number of aromatic amines is 2. The van der Waals surface area contributed by atoms with Crippen LogP contribution in [-0.4, -0.2) is 27.6 Å². The predicted molar refractivity (Wildman–Crippen MR) is 54.6 cm³/mol. The number of carbonyl (C=O) groups excluding carboxylic acids is 1. The van der Waals surface area contributed by atoms with Gasteiger partial charge >= 0.3 is 5.69 Å². The van der Waals surface area contributed by atoms with E-state index in [-0.39, 0.29) is 5.69 Å². The first kappa shape index (κ1) is 9.47. The smallest absolute Gasteiger partial charge is 0.323 e. The van der Waals surface area contributed by atoms with Crippen molar-refractivity contribution in [1.29, 1.82) is 0 Å². The highest BCUT2D eigenvalue weighted by atomic mass is 16.3. The Labute approximate surface area is 83.9 Å². The molecule has 0 aliphatic rings. The Hall–Kier alpha value is -2.08. The fourth-order valence-corrected chi connectivity index (χ4v) is 1.31. The van der Waals surface area contributed by atoms with Gasteiger partial charge in [-0.2, -0.15) is 0 Å². The Morgan fingerprint density at radius 1 is 1.33 bits per heavy atom. The van der Waals surface area contributed by atoms with Crippen molar-refractivity contribution in [2.75, 3.05) is 11.9 Å². The number of aliphatic hydroxyl groups excluding tert-OH is 1. The van der Waals surface area contributed by atoms with Crippen molar-refractivity contribution in [3.63, 3.8) is 0 Å². The quantitative estimate of drug-likeness (QED) is 0.548. The molecule has 78 valence electrons. The lowest BCUT2D eigenvalue weighted by Gasteiger charge is -2.01. The fraction of sp³-hybridized carbons (Fsp3) is 0.111. The van der Waals surface area contributed by atoms with Gasteiger partial charge in [0.1, 0.15) is 6.61 Å². The molecule has 1 aromatic heterocycles. The van der Waals surface area contributed by atoms with Crippen LogP contribution in [0, 0.1) is 0 Å². The monoisotopic (exact) mass is 207 g/mol. The summed E-state index contributed by atoms with van der Waals surface area (Å²) in [5, 5.41) is 11.0. The van der Waals surface area contributed by atoms with Gasteiger partial charge in [0.2, 0.25) is 5.91 Å². The number of imidazole rings is 1. The van der Waals surface area contributed by atoms with Gasteiger partial charge in [-0.15, -0.1) is 0 Å². The minimum atomic E-state index is -0.568. The molecule has 0 radical (unpaired) electrons. The molecular weight excluding hydrogens is 198 g/mol. The lowest BCUT2D eigenvalue weighted by molar-refractivity contribution is -0.118. The number of hydrogen-bond acceptors (Lipinski definition) is 3. The Bertz CT molecular complexity index is 555. The Morgan fingerprint density at radius 2 is 2.07 bits per heavy atom. The molecule has 1 heterocycles. The first-order chi connectivity index (χ1) is 7.19. The molecule has 0 bridgehead atoms. The number of hydrogen-bond donors (Lipinski definition) is 4. The van der Waals surface area contributed by atoms with E-state index in [1.54, 1.807) is 18.2 Å². The highest BCUT2D eigenvalue weighted by Crippen LogP contribution is 2.14. The van der Waals surface area contributed by atoms with Crippen molar-refractivity contribution < 1.29 is 9.90 Å². The van der Waals surface area contributed by atoms with Crippen LogP contribution in [0.1, 0.15) is 0 Å². The fourth-order valence-electron chi connectivity index (χ4n) is 1.31. The third kappa shape index (κ3) is 1.89. The largest absolute Gasteiger partial charge is 0.387 e. The Balaban J connectivity index is 2.38. The van der Waals surface area contributed by atoms with Gasteiger partial charge in [0.15, 0.2) is 0 Å². The maximum atomic E-state index is 10.9. The lowest BCUT2D eigenvalue weighted by Crippen LogP contribution is -2.15. The number of benzene rings is 1. The van der Waals surface area contributed by atoms with Gasteiger partial charge in [-0.1, -0.05) is 0 Å². The Morgan fingerprint density at radius 3 is 2.80 bits per heavy atom. The van der Waals surface area contributed by atoms with Crippen LogP contribution in [0.2, 0.25) is 0 Å². The van der Waals surface area contributed by atoms with Gasteiger partial charge < -0.3 is 20.4 Å². The Kier molecular flexibility index (Phi) is 2.26. The molecule has 0 atom stereocenters. The molecule has 6 heteroatoms. The first-order valence-corrected chi connectivity index (χ1v) is 4.32. The van der Waals surface area contributed by atoms with Gasteiger partial charge in [0.05, 0.1) is 11.0 Å². The van der Waals surface area contributed by atoms with Crippen molar-refractivity contribution in [3.05, 3.63) is 28.7 Å². The third-order valence-corrected chi connectivity index (χ3v) is 1.94. The van der Waals surface area contributed by atoms with E-state index in [2.05, 4.69) is 15.3 Å². The lowest BCUT2D eigenvalue weighted by atomic mass is 10.3. The van der Waals surface area contributed by atoms with E-state index < -0.39 is 12.5 Å². The summed E-state index contributed by atoms with van der Waals surface area (Å²) in [7, 11) is 0. The second kappa shape index (κ2) is 3.58. The van der Waals surface area contributed by atoms with E-state index in [0.29, 0.717) is 16.7 Å². The minimum absolute atomic E-state index is 0.296. The number of carbonyl (C=O) groups is 1. The van der Waals surface area contributed by atoms with Crippen LogP contribution >= 0.6 is 0 Å². The molecule has 6 nitrogen and oxygen atoms in total. The summed E-state index contributed by atoms with van der Waals surface area (Å²) in [5.74, 6) is -0.493. The minimum Gasteiger partial charge on any atom is -0.387 e. The standard InChI is InChI=1S/C9H9N3O3/c13-4-8(14)10-5-1-2-6-7(3-5)12-9(15)11-6/h1-3,13H,4H2,(H,10,14)(H2,11,12,15). The van der Waals surface area contributed by atoms with Gasteiger partial charge in [-0.3, -0.25) is 4.79 Å². The molecule has 0 fully saturated rings. The second-order valence-corrected chi connectivity index (χ2v) is 3.05. The molecule has 4 N–H and O–H groups in total. The molecule has 2 aromatic rings. The average Bonchev–Trinajstić information content (AvgIpc) is 2.57. The zero-order valence-electron chi connectivity index (χ0n) is 7.70. The number of H-pyrrole nitrogens is 2. The SMILES string of the molecule is O=C(CO)Nc1ccc2[nH]c(=O)[nH]c2c1. The van der Waals surface area contributed by atoms with E-state index in [0.717, 1.165) is 0 Å². The van der Waals surface area contributed by atoms with Crippen molar-refractivity contribution in [3.8, 4) is 0 Å². The van der Waals surface area contributed by atoms with E-state index >= 15 is 0 Å². The van der Waals surface area contributed by atoms with Crippen LogP contribution in [0.15, 0.2) is 23.0 Å². The van der Waals surface area contributed by atoms with E-state index in [9.17, 15) is 9.59 Å². The molecule has 0 saturated carbocycles. The predicted octanol–water partition coefficient (Wildman–Crippen LogP) is -0.213. The number of aromatic nitrogens is 2. The van der Waals surface area contributed by atoms with Crippen molar-refractivity contribution in [1.82, 2.24) is 9.97 Å². The van der Waals surface area contributed by atoms with Crippen LogP contribution in [0.3, 0.4) is 0 Å². The van der Waals surface area contributed by atoms with Crippen molar-refractivity contribution >= 4 is 22.6 Å². The highest BCUT2D eigenvalue weighted by Gasteiger charge is 2.02. The summed E-state index contributed by atoms with van der Waals surface area (Å²) in [6.45, 7) is -0.568. The molecule has 0 spiro atoms. The molecular formula is C9H9N3O3. The number of rotatable bonds is 2. The first-order valence-electron chi connectivity index (χ1n) is 4.32. The van der Waals surface area contributed by atoms with Crippen LogP contribution in [0.25, 0.3) is 11.0 Å². The van der Waals surface area contributed by atoms with E-state index in [1.807, 2.05) is 0 Å². The van der Waals surface area contributed by atoms with E-state index in [1.165, 1.54) is 0 Å². The zero-order chi connectivity index (χ0) is 10.8. The van der Waals surface area contributed by atoms with Crippen LogP contribution in [0.5, 0.6) is 0 Å². The van der Waals surface area contributed by atoms with Gasteiger partial charge in [-0.25, -0.2) is 4.79 Å². The normalized spacial score (nSPS) is 10.5. The van der Waals surface area contributed by atoms with Crippen LogP contribution < -0.4 is 11.0 Å². The van der Waals surface area contributed by atoms with Crippen molar-refractivity contribution in [2.45, 2.75) is 0 Å². The number of aliphatic hydroxyl groups is 1. The molecule has 15 heavy (non-hydrogen) atoms. The maximum Gasteiger partial charge on any atom is 0.323 e. The number of fused-ring (bicyclic) bond motifs is 1. The summed E-state index contributed by atoms with van der Waals surface area (Å²) in [4.78, 5) is 27.0. The molecule has 0 aliphatic carbocycles. The topological polar surface area (TPSA) is 98.0 Å². The average molecular weight is 207 g/mol. The summed E-state index contributed by atoms with van der Waals surface area (Å²) in [6.07, 6.45) is 0. The molecule has 1 aromatic carbocycles. The summed E-state index contributed by atoms with van der Waals surface area (Å²) >= 11 is 0. The molecule has 2 rings (SSSR count). The second-order valence-electron chi connectivity index (χ2n) is 3.05. The molecule has 0 aliphatic heterocycles. The zero-order valence-corrected chi connectivity index (χ0v) is 7.70. The summed E-state index contributed by atoms with van der Waals surface area (Å²) in [6, 6.07) is 4.92. The van der Waals surface area contributed by atoms with Gasteiger partial charge in [-0.05, 0) is 18.2 Å². The summed E-state index contributed by atoms with van der Waals surface area (Å²) < 4.78 is 0. The molecule has 1 amide bonds. The van der Waals surface area contributed by atoms with Gasteiger partial charge in [0, 0.05) is 5.69 Å². The van der Waals surface area contributed by atoms with Crippen LogP contribution in [0.4, 0.5) is 5.69 Å². The number of anilines is 1. The summed E-state index contributed by atoms with van der Waals surface area (Å²) in [5.41, 5.74) is 1.50.